The maximum absolute atomic E-state index is 11.4. The van der Waals surface area contributed by atoms with Crippen LogP contribution < -0.4 is 10.5 Å². The summed E-state index contributed by atoms with van der Waals surface area (Å²) in [5.74, 6) is 0.246. The van der Waals surface area contributed by atoms with Crippen molar-refractivity contribution in [3.05, 3.63) is 64.8 Å². The molecule has 0 fully saturated rings. The third-order valence-electron chi connectivity index (χ3n) is 3.02. The topological polar surface area (TPSA) is 65.2 Å². The van der Waals surface area contributed by atoms with Gasteiger partial charge in [0.1, 0.15) is 11.3 Å². The van der Waals surface area contributed by atoms with Crippen LogP contribution in [-0.4, -0.2) is 10.9 Å². The number of primary amides is 1. The van der Waals surface area contributed by atoms with Crippen LogP contribution in [0.25, 0.3) is 10.8 Å². The summed E-state index contributed by atoms with van der Waals surface area (Å²) in [6, 6.07) is 14.9. The number of hydrogen-bond acceptors (Lipinski definition) is 3. The molecular formula is C16H11BrN2O2. The summed E-state index contributed by atoms with van der Waals surface area (Å²) < 4.78 is 6.70. The molecule has 0 aliphatic carbocycles. The maximum Gasteiger partial charge on any atom is 0.254 e. The lowest BCUT2D eigenvalue weighted by Gasteiger charge is -2.08. The van der Waals surface area contributed by atoms with Gasteiger partial charge in [-0.2, -0.15) is 0 Å². The molecule has 0 bridgehead atoms. The Labute approximate surface area is 129 Å². The van der Waals surface area contributed by atoms with E-state index < -0.39 is 5.91 Å². The van der Waals surface area contributed by atoms with E-state index in [0.29, 0.717) is 5.75 Å². The number of hydrogen-bond donors (Lipinski definition) is 1. The number of amides is 1. The quantitative estimate of drug-likeness (QED) is 0.785. The van der Waals surface area contributed by atoms with Crippen molar-refractivity contribution in [2.45, 2.75) is 0 Å². The average molecular weight is 343 g/mol. The number of nitrogens with zero attached hydrogens (tertiary/aromatic N) is 1. The minimum absolute atomic E-state index is 0.210. The first kappa shape index (κ1) is 13.6. The van der Waals surface area contributed by atoms with E-state index >= 15 is 0 Å². The minimum Gasteiger partial charge on any atom is -0.438 e. The van der Waals surface area contributed by atoms with E-state index in [1.807, 2.05) is 36.4 Å². The molecule has 0 spiro atoms. The summed E-state index contributed by atoms with van der Waals surface area (Å²) in [6.45, 7) is 0. The van der Waals surface area contributed by atoms with Crippen LogP contribution in [0.2, 0.25) is 0 Å². The predicted molar refractivity (Wildman–Crippen MR) is 84.5 cm³/mol. The normalized spacial score (nSPS) is 10.5. The van der Waals surface area contributed by atoms with Crippen LogP contribution in [0.4, 0.5) is 0 Å². The lowest BCUT2D eigenvalue weighted by atomic mass is 10.1. The summed E-state index contributed by atoms with van der Waals surface area (Å²) in [5.41, 5.74) is 5.57. The number of carbonyl (C=O) groups excluding carboxylic acids is 1. The Morgan fingerprint density at radius 3 is 2.67 bits per heavy atom. The van der Waals surface area contributed by atoms with E-state index in [1.54, 1.807) is 18.3 Å². The van der Waals surface area contributed by atoms with Crippen LogP contribution in [0.5, 0.6) is 11.6 Å². The fourth-order valence-corrected chi connectivity index (χ4v) is 2.41. The zero-order valence-electron chi connectivity index (χ0n) is 10.9. The molecule has 1 amide bonds. The van der Waals surface area contributed by atoms with Crippen molar-refractivity contribution in [3.8, 4) is 11.6 Å². The summed E-state index contributed by atoms with van der Waals surface area (Å²) >= 11 is 3.44. The van der Waals surface area contributed by atoms with Crippen molar-refractivity contribution in [1.82, 2.24) is 4.98 Å². The number of aromatic nitrogens is 1. The monoisotopic (exact) mass is 342 g/mol. The smallest absolute Gasteiger partial charge is 0.254 e. The lowest BCUT2D eigenvalue weighted by Crippen LogP contribution is -2.12. The highest BCUT2D eigenvalue weighted by Gasteiger charge is 2.11. The number of halogens is 1. The molecule has 0 aliphatic rings. The minimum atomic E-state index is -0.567. The summed E-state index contributed by atoms with van der Waals surface area (Å²) in [6.07, 6.45) is 1.56. The summed E-state index contributed by atoms with van der Waals surface area (Å²) in [4.78, 5) is 15.4. The highest BCUT2D eigenvalue weighted by Crippen LogP contribution is 2.27. The predicted octanol–water partition coefficient (Wildman–Crippen LogP) is 3.89. The molecule has 5 heteroatoms. The molecule has 1 heterocycles. The van der Waals surface area contributed by atoms with Gasteiger partial charge in [0, 0.05) is 10.7 Å². The maximum atomic E-state index is 11.4. The highest BCUT2D eigenvalue weighted by molar-refractivity contribution is 9.10. The second-order valence-corrected chi connectivity index (χ2v) is 5.39. The van der Waals surface area contributed by atoms with Crippen LogP contribution in [0, 0.1) is 0 Å². The SMILES string of the molecule is NC(=O)c1cccnc1Oc1ccc2cc(Br)ccc2c1. The van der Waals surface area contributed by atoms with Gasteiger partial charge in [0.15, 0.2) is 0 Å². The fourth-order valence-electron chi connectivity index (χ4n) is 2.03. The number of benzene rings is 2. The molecule has 0 atom stereocenters. The molecule has 0 aliphatic heterocycles. The van der Waals surface area contributed by atoms with Gasteiger partial charge in [-0.05, 0) is 47.2 Å². The first-order valence-corrected chi connectivity index (χ1v) is 7.05. The molecule has 2 N–H and O–H groups in total. The van der Waals surface area contributed by atoms with E-state index in [-0.39, 0.29) is 11.4 Å². The van der Waals surface area contributed by atoms with E-state index in [0.717, 1.165) is 15.2 Å². The Morgan fingerprint density at radius 1 is 1.10 bits per heavy atom. The van der Waals surface area contributed by atoms with Gasteiger partial charge in [0.25, 0.3) is 5.91 Å². The van der Waals surface area contributed by atoms with Crippen molar-refractivity contribution in [3.63, 3.8) is 0 Å². The number of pyridine rings is 1. The second kappa shape index (κ2) is 5.54. The van der Waals surface area contributed by atoms with Crippen LogP contribution in [0.15, 0.2) is 59.2 Å². The first-order chi connectivity index (χ1) is 10.1. The van der Waals surface area contributed by atoms with Gasteiger partial charge in [-0.25, -0.2) is 4.98 Å². The van der Waals surface area contributed by atoms with E-state index in [1.165, 1.54) is 0 Å². The Balaban J connectivity index is 1.99. The number of ether oxygens (including phenoxy) is 1. The molecule has 3 aromatic rings. The third-order valence-corrected chi connectivity index (χ3v) is 3.52. The Morgan fingerprint density at radius 2 is 1.86 bits per heavy atom. The lowest BCUT2D eigenvalue weighted by molar-refractivity contribution is 0.0997. The van der Waals surface area contributed by atoms with Gasteiger partial charge < -0.3 is 10.5 Å². The van der Waals surface area contributed by atoms with Crippen molar-refractivity contribution >= 4 is 32.6 Å². The molecule has 2 aromatic carbocycles. The summed E-state index contributed by atoms with van der Waals surface area (Å²) in [5, 5.41) is 2.13. The van der Waals surface area contributed by atoms with Crippen molar-refractivity contribution < 1.29 is 9.53 Å². The molecule has 4 nitrogen and oxygen atoms in total. The van der Waals surface area contributed by atoms with Gasteiger partial charge in [-0.15, -0.1) is 0 Å². The molecule has 0 unspecified atom stereocenters. The Kier molecular flexibility index (Phi) is 3.58. The van der Waals surface area contributed by atoms with Gasteiger partial charge >= 0.3 is 0 Å². The van der Waals surface area contributed by atoms with E-state index in [9.17, 15) is 4.79 Å². The number of nitrogens with two attached hydrogens (primary N) is 1. The van der Waals surface area contributed by atoms with Crippen molar-refractivity contribution in [2.75, 3.05) is 0 Å². The number of fused-ring (bicyclic) bond motifs is 1. The molecule has 1 aromatic heterocycles. The van der Waals surface area contributed by atoms with E-state index in [2.05, 4.69) is 20.9 Å². The molecule has 0 saturated heterocycles. The zero-order valence-corrected chi connectivity index (χ0v) is 12.5. The molecular weight excluding hydrogens is 332 g/mol. The van der Waals surface area contributed by atoms with Crippen LogP contribution in [0.3, 0.4) is 0 Å². The molecule has 3 rings (SSSR count). The van der Waals surface area contributed by atoms with Gasteiger partial charge in [-0.1, -0.05) is 28.1 Å². The molecule has 0 saturated carbocycles. The molecule has 0 radical (unpaired) electrons. The largest absolute Gasteiger partial charge is 0.438 e. The number of carbonyl (C=O) groups is 1. The van der Waals surface area contributed by atoms with Crippen molar-refractivity contribution in [2.24, 2.45) is 5.73 Å². The fraction of sp³-hybridized carbons (Fsp3) is 0. The van der Waals surface area contributed by atoms with Crippen LogP contribution in [0.1, 0.15) is 10.4 Å². The highest BCUT2D eigenvalue weighted by atomic mass is 79.9. The van der Waals surface area contributed by atoms with Gasteiger partial charge in [0.05, 0.1) is 0 Å². The van der Waals surface area contributed by atoms with Crippen LogP contribution in [-0.2, 0) is 0 Å². The van der Waals surface area contributed by atoms with Gasteiger partial charge in [0.2, 0.25) is 5.88 Å². The summed E-state index contributed by atoms with van der Waals surface area (Å²) in [7, 11) is 0. The number of rotatable bonds is 3. The van der Waals surface area contributed by atoms with Crippen LogP contribution >= 0.6 is 15.9 Å². The second-order valence-electron chi connectivity index (χ2n) is 4.48. The first-order valence-electron chi connectivity index (χ1n) is 6.25. The molecule has 21 heavy (non-hydrogen) atoms. The Hall–Kier alpha value is -2.40. The average Bonchev–Trinajstić information content (AvgIpc) is 2.48. The third kappa shape index (κ3) is 2.87. The zero-order chi connectivity index (χ0) is 14.8. The van der Waals surface area contributed by atoms with Crippen molar-refractivity contribution in [1.29, 1.82) is 0 Å². The molecule has 104 valence electrons. The standard InChI is InChI=1S/C16H11BrN2O2/c17-12-5-3-11-9-13(6-4-10(11)8-12)21-16-14(15(18)20)2-1-7-19-16/h1-9H,(H2,18,20). The Bertz CT molecular complexity index is 833. The van der Waals surface area contributed by atoms with Gasteiger partial charge in [-0.3, -0.25) is 4.79 Å². The van der Waals surface area contributed by atoms with E-state index in [4.69, 9.17) is 10.5 Å².